The van der Waals surface area contributed by atoms with Crippen LogP contribution in [0.3, 0.4) is 0 Å². The molecule has 0 aliphatic heterocycles. The number of amides is 1. The molecule has 1 amide bonds. The lowest BCUT2D eigenvalue weighted by molar-refractivity contribution is -0.385. The quantitative estimate of drug-likeness (QED) is 0.345. The Balaban J connectivity index is 1.84. The molecule has 3 aromatic rings. The Morgan fingerprint density at radius 2 is 1.67 bits per heavy atom. The number of rotatable bonds is 7. The van der Waals surface area contributed by atoms with Gasteiger partial charge >= 0.3 is 11.7 Å². The molecule has 0 saturated carbocycles. The van der Waals surface area contributed by atoms with Crippen LogP contribution in [0.5, 0.6) is 11.5 Å². The molecule has 0 aromatic heterocycles. The highest BCUT2D eigenvalue weighted by Gasteiger charge is 2.15. The molecule has 150 valence electrons. The number of carboxylic acids is 1. The summed E-state index contributed by atoms with van der Waals surface area (Å²) in [5, 5.41) is 22.9. The largest absolute Gasteiger partial charge is 0.477 e. The normalized spacial score (nSPS) is 10.9. The summed E-state index contributed by atoms with van der Waals surface area (Å²) in [5.74, 6) is -1.54. The van der Waals surface area contributed by atoms with Gasteiger partial charge in [0.25, 0.3) is 5.91 Å². The first kappa shape index (κ1) is 20.3. The van der Waals surface area contributed by atoms with Gasteiger partial charge in [0.15, 0.2) is 0 Å². The molecule has 0 unspecified atom stereocenters. The summed E-state index contributed by atoms with van der Waals surface area (Å²) in [6.45, 7) is 0. The molecule has 0 atom stereocenters. The highest BCUT2D eigenvalue weighted by Crippen LogP contribution is 2.31. The Morgan fingerprint density at radius 1 is 0.967 bits per heavy atom. The number of aliphatic carboxylic acids is 1. The standard InChI is InChI=1S/C22H16N2O6/c25-21(16-8-2-1-3-9-16)23-18(22(26)27)14-15-7-6-10-17(13-15)30-20-12-5-4-11-19(20)24(28)29/h1-14H,(H,23,25)(H,26,27). The summed E-state index contributed by atoms with van der Waals surface area (Å²) >= 11 is 0. The van der Waals surface area contributed by atoms with Gasteiger partial charge in [0.05, 0.1) is 4.92 Å². The smallest absolute Gasteiger partial charge is 0.352 e. The van der Waals surface area contributed by atoms with Gasteiger partial charge in [-0.25, -0.2) is 4.79 Å². The van der Waals surface area contributed by atoms with E-state index in [9.17, 15) is 24.8 Å². The third-order valence-electron chi connectivity index (χ3n) is 3.97. The highest BCUT2D eigenvalue weighted by atomic mass is 16.6. The molecule has 8 nitrogen and oxygen atoms in total. The van der Waals surface area contributed by atoms with Crippen molar-refractivity contribution in [2.24, 2.45) is 0 Å². The molecular formula is C22H16N2O6. The van der Waals surface area contributed by atoms with Crippen molar-refractivity contribution >= 4 is 23.6 Å². The third kappa shape index (κ3) is 5.08. The minimum absolute atomic E-state index is 0.0551. The molecular weight excluding hydrogens is 388 g/mol. The van der Waals surface area contributed by atoms with Crippen LogP contribution in [0.25, 0.3) is 6.08 Å². The maximum absolute atomic E-state index is 12.3. The Hall–Kier alpha value is -4.46. The SMILES string of the molecule is O=C(O)C(=Cc1cccc(Oc2ccccc2[N+](=O)[O-])c1)NC(=O)c1ccccc1. The lowest BCUT2D eigenvalue weighted by Crippen LogP contribution is -2.27. The van der Waals surface area contributed by atoms with Crippen molar-refractivity contribution in [3.63, 3.8) is 0 Å². The molecule has 0 bridgehead atoms. The summed E-state index contributed by atoms with van der Waals surface area (Å²) in [5.41, 5.74) is 0.224. The van der Waals surface area contributed by atoms with E-state index in [4.69, 9.17) is 4.74 Å². The summed E-state index contributed by atoms with van der Waals surface area (Å²) < 4.78 is 5.60. The van der Waals surface area contributed by atoms with Gasteiger partial charge in [0.1, 0.15) is 11.4 Å². The van der Waals surface area contributed by atoms with Gasteiger partial charge in [-0.05, 0) is 42.0 Å². The van der Waals surface area contributed by atoms with Crippen LogP contribution in [0.2, 0.25) is 0 Å². The van der Waals surface area contributed by atoms with E-state index in [0.29, 0.717) is 11.1 Å². The van der Waals surface area contributed by atoms with Crippen LogP contribution in [-0.2, 0) is 4.79 Å². The molecule has 8 heteroatoms. The zero-order valence-corrected chi connectivity index (χ0v) is 15.5. The van der Waals surface area contributed by atoms with Gasteiger partial charge in [0, 0.05) is 11.6 Å². The lowest BCUT2D eigenvalue weighted by atomic mass is 10.1. The molecule has 0 spiro atoms. The van der Waals surface area contributed by atoms with Crippen molar-refractivity contribution in [1.82, 2.24) is 5.32 Å². The Morgan fingerprint density at radius 3 is 2.37 bits per heavy atom. The average molecular weight is 404 g/mol. The summed E-state index contributed by atoms with van der Waals surface area (Å²) in [4.78, 5) is 34.4. The van der Waals surface area contributed by atoms with Crippen LogP contribution in [0.1, 0.15) is 15.9 Å². The molecule has 2 N–H and O–H groups in total. The predicted octanol–water partition coefficient (Wildman–Crippen LogP) is 4.24. The number of para-hydroxylation sites is 2. The maximum atomic E-state index is 12.3. The monoisotopic (exact) mass is 404 g/mol. The van der Waals surface area contributed by atoms with Crippen LogP contribution >= 0.6 is 0 Å². The van der Waals surface area contributed by atoms with Crippen molar-refractivity contribution in [1.29, 1.82) is 0 Å². The number of nitrogens with one attached hydrogen (secondary N) is 1. The molecule has 3 rings (SSSR count). The first-order valence-corrected chi connectivity index (χ1v) is 8.77. The van der Waals surface area contributed by atoms with E-state index in [0.717, 1.165) is 0 Å². The van der Waals surface area contributed by atoms with Crippen molar-refractivity contribution < 1.29 is 24.4 Å². The number of nitro benzene ring substituents is 1. The number of nitrogens with zero attached hydrogens (tertiary/aromatic N) is 1. The Kier molecular flexibility index (Phi) is 6.19. The number of hydrogen-bond donors (Lipinski definition) is 2. The number of carbonyl (C=O) groups excluding carboxylic acids is 1. The zero-order valence-electron chi connectivity index (χ0n) is 15.5. The van der Waals surface area contributed by atoms with Crippen molar-refractivity contribution in [3.8, 4) is 11.5 Å². The van der Waals surface area contributed by atoms with E-state index in [2.05, 4.69) is 5.32 Å². The summed E-state index contributed by atoms with van der Waals surface area (Å²) in [7, 11) is 0. The van der Waals surface area contributed by atoms with Crippen LogP contribution < -0.4 is 10.1 Å². The maximum Gasteiger partial charge on any atom is 0.352 e. The van der Waals surface area contributed by atoms with Crippen LogP contribution in [0.15, 0.2) is 84.6 Å². The molecule has 0 aliphatic rings. The minimum Gasteiger partial charge on any atom is -0.477 e. The van der Waals surface area contributed by atoms with Crippen molar-refractivity contribution in [2.45, 2.75) is 0 Å². The van der Waals surface area contributed by atoms with Gasteiger partial charge in [-0.15, -0.1) is 0 Å². The van der Waals surface area contributed by atoms with Crippen molar-refractivity contribution in [2.75, 3.05) is 0 Å². The first-order chi connectivity index (χ1) is 14.4. The molecule has 0 heterocycles. The average Bonchev–Trinajstić information content (AvgIpc) is 2.74. The topological polar surface area (TPSA) is 119 Å². The predicted molar refractivity (Wildman–Crippen MR) is 109 cm³/mol. The molecule has 0 aliphatic carbocycles. The fourth-order valence-corrected chi connectivity index (χ4v) is 2.59. The van der Waals surface area contributed by atoms with Crippen LogP contribution in [-0.4, -0.2) is 21.9 Å². The summed E-state index contributed by atoms with van der Waals surface area (Å²) in [6, 6.07) is 20.4. The third-order valence-corrected chi connectivity index (χ3v) is 3.97. The fraction of sp³-hybridized carbons (Fsp3) is 0. The molecule has 0 saturated heterocycles. The molecule has 30 heavy (non-hydrogen) atoms. The number of carboxylic acid groups (broad SMARTS) is 1. The minimum atomic E-state index is -1.32. The number of nitro groups is 1. The lowest BCUT2D eigenvalue weighted by Gasteiger charge is -2.08. The second kappa shape index (κ2) is 9.16. The van der Waals surface area contributed by atoms with Gasteiger partial charge in [-0.3, -0.25) is 14.9 Å². The van der Waals surface area contributed by atoms with E-state index < -0.39 is 16.8 Å². The Labute approximate surface area is 171 Å². The van der Waals surface area contributed by atoms with Gasteiger partial charge < -0.3 is 15.2 Å². The number of carbonyl (C=O) groups is 2. The highest BCUT2D eigenvalue weighted by molar-refractivity contribution is 6.02. The zero-order chi connectivity index (χ0) is 21.5. The van der Waals surface area contributed by atoms with E-state index >= 15 is 0 Å². The summed E-state index contributed by atoms with van der Waals surface area (Å²) in [6.07, 6.45) is 1.27. The molecule has 0 fully saturated rings. The Bertz CT molecular complexity index is 1130. The number of hydrogen-bond acceptors (Lipinski definition) is 5. The first-order valence-electron chi connectivity index (χ1n) is 8.77. The van der Waals surface area contributed by atoms with E-state index in [1.165, 1.54) is 30.3 Å². The molecule has 3 aromatic carbocycles. The van der Waals surface area contributed by atoms with E-state index in [-0.39, 0.29) is 22.9 Å². The van der Waals surface area contributed by atoms with Crippen molar-refractivity contribution in [3.05, 3.63) is 106 Å². The number of benzene rings is 3. The van der Waals surface area contributed by atoms with Crippen LogP contribution in [0.4, 0.5) is 5.69 Å². The molecule has 0 radical (unpaired) electrons. The van der Waals surface area contributed by atoms with E-state index in [1.54, 1.807) is 54.6 Å². The number of ether oxygens (including phenoxy) is 1. The van der Waals surface area contributed by atoms with Gasteiger partial charge in [-0.2, -0.15) is 0 Å². The fourth-order valence-electron chi connectivity index (χ4n) is 2.59. The second-order valence-electron chi connectivity index (χ2n) is 6.08. The van der Waals surface area contributed by atoms with Gasteiger partial charge in [-0.1, -0.05) is 42.5 Å². The van der Waals surface area contributed by atoms with E-state index in [1.807, 2.05) is 0 Å². The van der Waals surface area contributed by atoms with Gasteiger partial charge in [0.2, 0.25) is 5.75 Å². The van der Waals surface area contributed by atoms with Crippen LogP contribution in [0, 0.1) is 10.1 Å². The second-order valence-corrected chi connectivity index (χ2v) is 6.08.